The van der Waals surface area contributed by atoms with Crippen LogP contribution in [0.4, 0.5) is 45.5 Å². The van der Waals surface area contributed by atoms with Gasteiger partial charge in [0.25, 0.3) is 0 Å². The summed E-state index contributed by atoms with van der Waals surface area (Å²) in [5.41, 5.74) is 37.9. The van der Waals surface area contributed by atoms with E-state index in [-0.39, 0.29) is 21.7 Å². The van der Waals surface area contributed by atoms with Gasteiger partial charge >= 0.3 is 0 Å². The maximum Gasteiger partial charge on any atom is 0.0713 e. The maximum absolute atomic E-state index is 3.71. The molecular formula is C114H92N4. The van der Waals surface area contributed by atoms with Crippen LogP contribution >= 0.6 is 0 Å². The number of para-hydroxylation sites is 1. The first-order chi connectivity index (χ1) is 57.7. The molecule has 0 aromatic heterocycles. The molecule has 118 heavy (non-hydrogen) atoms. The molecule has 0 radical (unpaired) electrons. The number of fused-ring (bicyclic) bond motifs is 14. The van der Waals surface area contributed by atoms with Gasteiger partial charge in [-0.15, -0.1) is 0 Å². The van der Waals surface area contributed by atoms with Gasteiger partial charge in [0.05, 0.1) is 5.41 Å². The summed E-state index contributed by atoms with van der Waals surface area (Å²) in [6.45, 7) is 13.9. The first kappa shape index (κ1) is 73.8. The summed E-state index contributed by atoms with van der Waals surface area (Å²) in [6, 6.07) is 152. The predicted octanol–water partition coefficient (Wildman–Crippen LogP) is 30.6. The van der Waals surface area contributed by atoms with Crippen molar-refractivity contribution in [2.24, 2.45) is 0 Å². The van der Waals surface area contributed by atoms with Crippen LogP contribution in [0.1, 0.15) is 97.2 Å². The molecular weight excluding hydrogens is 1430 g/mol. The third-order valence-corrected chi connectivity index (χ3v) is 24.8. The van der Waals surface area contributed by atoms with E-state index < -0.39 is 0 Å². The van der Waals surface area contributed by atoms with Crippen molar-refractivity contribution in [3.05, 3.63) is 480 Å². The van der Waals surface area contributed by atoms with Gasteiger partial charge in [-0.05, 0) is 236 Å². The molecule has 0 bridgehead atoms. The van der Waals surface area contributed by atoms with E-state index in [1.165, 1.54) is 144 Å². The van der Waals surface area contributed by atoms with Crippen molar-refractivity contribution in [1.29, 1.82) is 0 Å². The quantitative estimate of drug-likeness (QED) is 0.0985. The lowest BCUT2D eigenvalue weighted by Gasteiger charge is -2.33. The number of benzene rings is 18. The summed E-state index contributed by atoms with van der Waals surface area (Å²) in [5.74, 6) is 0. The Morgan fingerprint density at radius 2 is 0.483 bits per heavy atom. The summed E-state index contributed by atoms with van der Waals surface area (Å²) in [4.78, 5) is 0. The van der Waals surface area contributed by atoms with Crippen LogP contribution in [0.3, 0.4) is 0 Å². The Labute approximate surface area is 693 Å². The zero-order valence-electron chi connectivity index (χ0n) is 67.4. The minimum atomic E-state index is -0.334. The highest BCUT2D eigenvalue weighted by Crippen LogP contribution is 2.58. The van der Waals surface area contributed by atoms with E-state index in [9.17, 15) is 0 Å². The molecule has 0 saturated heterocycles. The zero-order valence-corrected chi connectivity index (χ0v) is 67.4. The number of rotatable bonds is 12. The third kappa shape index (κ3) is 13.7. The summed E-state index contributed by atoms with van der Waals surface area (Å²) in [5, 5.41) is 19.5. The van der Waals surface area contributed by atoms with Crippen LogP contribution in [0.25, 0.3) is 88.3 Å². The number of nitrogens with one attached hydrogen (secondary N) is 4. The average Bonchev–Trinajstić information content (AvgIpc) is 1.53. The smallest absolute Gasteiger partial charge is 0.0713 e. The molecule has 568 valence electrons. The monoisotopic (exact) mass is 1520 g/mol. The molecule has 18 aromatic carbocycles. The highest BCUT2D eigenvalue weighted by Gasteiger charge is 2.46. The van der Waals surface area contributed by atoms with E-state index in [4.69, 9.17) is 0 Å². The highest BCUT2D eigenvalue weighted by molar-refractivity contribution is 5.97. The molecule has 4 nitrogen and oxygen atoms in total. The molecule has 0 unspecified atom stereocenters. The van der Waals surface area contributed by atoms with Crippen molar-refractivity contribution >= 4 is 67.0 Å². The van der Waals surface area contributed by atoms with Gasteiger partial charge in [0.1, 0.15) is 0 Å². The lowest BCUT2D eigenvalue weighted by Crippen LogP contribution is -2.28. The van der Waals surface area contributed by atoms with E-state index in [1.54, 1.807) is 0 Å². The van der Waals surface area contributed by atoms with Crippen LogP contribution in [0, 0.1) is 0 Å². The molecule has 4 heteroatoms. The molecule has 4 aliphatic carbocycles. The van der Waals surface area contributed by atoms with Crippen LogP contribution < -0.4 is 21.3 Å². The van der Waals surface area contributed by atoms with Crippen molar-refractivity contribution in [3.8, 4) is 66.8 Å². The normalized spacial score (nSPS) is 13.6. The standard InChI is InChI=1S/C33H27N.C31H23N.2C25H21N/c1-33(2)31-16-10-9-15-29(31)30-22-27(17-18-32(30)33)34-28-20-25(23-11-5-3-6-12-23)19-26(21-28)24-13-7-4-8-14-24;1-4-12-23(13-5-1)31(24-14-6-2-7-15-24)29-19-11-10-18-27(29)28-22-26(20-21-30(28)31)32-25-16-8-3-9-17-25;1-25(2)22-12-6-5-11-20(22)21-16-18(14-15-23(21)25)26-24-13-7-9-17-8-3-4-10-19(17)24;1-25(2)23-10-6-5-9-21(23)22-16-20(13-14-24(22)25)26-19-12-11-17-7-3-4-8-18(17)15-19/h3-22,34H,1-2H3;1-22,32H;2*3-16,26H,1-2H3. The maximum atomic E-state index is 3.71. The Balaban J connectivity index is 0.000000105. The molecule has 0 saturated carbocycles. The van der Waals surface area contributed by atoms with E-state index in [0.717, 1.165) is 45.5 Å². The fourth-order valence-electron chi connectivity index (χ4n) is 19.0. The Kier molecular flexibility index (Phi) is 19.3. The van der Waals surface area contributed by atoms with Crippen molar-refractivity contribution < 1.29 is 0 Å². The third-order valence-electron chi connectivity index (χ3n) is 24.8. The van der Waals surface area contributed by atoms with Gasteiger partial charge in [0, 0.05) is 67.1 Å². The van der Waals surface area contributed by atoms with Crippen LogP contribution in [0.2, 0.25) is 0 Å². The van der Waals surface area contributed by atoms with Gasteiger partial charge in [-0.3, -0.25) is 0 Å². The molecule has 18 aromatic rings. The number of hydrogen-bond donors (Lipinski definition) is 4. The molecule has 0 heterocycles. The van der Waals surface area contributed by atoms with E-state index in [1.807, 2.05) is 6.07 Å². The van der Waals surface area contributed by atoms with E-state index in [0.29, 0.717) is 0 Å². The van der Waals surface area contributed by atoms with Crippen LogP contribution in [0.5, 0.6) is 0 Å². The number of anilines is 8. The number of hydrogen-bond acceptors (Lipinski definition) is 4. The second kappa shape index (κ2) is 30.8. The molecule has 4 aliphatic rings. The topological polar surface area (TPSA) is 48.1 Å². The molecule has 0 amide bonds. The fourth-order valence-corrected chi connectivity index (χ4v) is 19.0. The Hall–Kier alpha value is -14.3. The van der Waals surface area contributed by atoms with Crippen molar-refractivity contribution in [3.63, 3.8) is 0 Å². The van der Waals surface area contributed by atoms with E-state index >= 15 is 0 Å². The van der Waals surface area contributed by atoms with Gasteiger partial charge < -0.3 is 21.3 Å². The molecule has 0 atom stereocenters. The molecule has 4 N–H and O–H groups in total. The summed E-state index contributed by atoms with van der Waals surface area (Å²) in [6.07, 6.45) is 0. The Morgan fingerprint density at radius 1 is 0.169 bits per heavy atom. The van der Waals surface area contributed by atoms with Gasteiger partial charge in [-0.1, -0.05) is 369 Å². The zero-order chi connectivity index (χ0) is 80.0. The first-order valence-electron chi connectivity index (χ1n) is 41.2. The fraction of sp³-hybridized carbons (Fsp3) is 0.0877. The second-order valence-corrected chi connectivity index (χ2v) is 33.1. The van der Waals surface area contributed by atoms with Gasteiger partial charge in [-0.2, -0.15) is 0 Å². The van der Waals surface area contributed by atoms with Crippen molar-refractivity contribution in [2.75, 3.05) is 21.3 Å². The lowest BCUT2D eigenvalue weighted by molar-refractivity contribution is 0.660. The van der Waals surface area contributed by atoms with Crippen LogP contribution in [-0.4, -0.2) is 0 Å². The van der Waals surface area contributed by atoms with Gasteiger partial charge in [0.15, 0.2) is 0 Å². The first-order valence-corrected chi connectivity index (χ1v) is 41.2. The van der Waals surface area contributed by atoms with Gasteiger partial charge in [0.2, 0.25) is 0 Å². The largest absolute Gasteiger partial charge is 0.356 e. The second-order valence-electron chi connectivity index (χ2n) is 33.1. The van der Waals surface area contributed by atoms with Gasteiger partial charge in [-0.25, -0.2) is 0 Å². The molecule has 22 rings (SSSR count). The molecule has 0 spiro atoms. The Bertz CT molecular complexity index is 6650. The minimum Gasteiger partial charge on any atom is -0.356 e. The highest BCUT2D eigenvalue weighted by atomic mass is 14.9. The van der Waals surface area contributed by atoms with Crippen LogP contribution in [0.15, 0.2) is 425 Å². The molecule has 0 fully saturated rings. The predicted molar refractivity (Wildman–Crippen MR) is 501 cm³/mol. The summed E-state index contributed by atoms with van der Waals surface area (Å²) in [7, 11) is 0. The van der Waals surface area contributed by atoms with Crippen LogP contribution in [-0.2, 0) is 21.7 Å². The minimum absolute atomic E-state index is 0.0260. The summed E-state index contributed by atoms with van der Waals surface area (Å²) >= 11 is 0. The van der Waals surface area contributed by atoms with Crippen molar-refractivity contribution in [1.82, 2.24) is 0 Å². The molecule has 0 aliphatic heterocycles. The Morgan fingerprint density at radius 3 is 0.966 bits per heavy atom. The SMILES string of the molecule is CC1(C)c2ccccc2-c2cc(Nc3cc(-c4ccccc4)cc(-c4ccccc4)c3)ccc21.CC1(C)c2ccccc2-c2cc(Nc3ccc4ccccc4c3)ccc21.CC1(C)c2ccccc2-c2cc(Nc3cccc4ccccc34)ccc21.c1ccc(Nc2ccc3c(c2)-c2ccccc2C3(c2ccccc2)c2ccccc2)cc1. The van der Waals surface area contributed by atoms with Crippen molar-refractivity contribution in [2.45, 2.75) is 63.2 Å². The van der Waals surface area contributed by atoms with E-state index in [2.05, 4.69) is 481 Å². The lowest BCUT2D eigenvalue weighted by atomic mass is 9.68. The average molecular weight is 1520 g/mol. The summed E-state index contributed by atoms with van der Waals surface area (Å²) < 4.78 is 0.